The minimum Gasteiger partial charge on any atom is -0.356 e. The van der Waals surface area contributed by atoms with Gasteiger partial charge in [0.1, 0.15) is 0 Å². The molecule has 0 spiro atoms. The number of nitrogens with zero attached hydrogens (tertiary/aromatic N) is 1. The quantitative estimate of drug-likeness (QED) is 0.576. The molecule has 0 saturated heterocycles. The van der Waals surface area contributed by atoms with Gasteiger partial charge in [-0.05, 0) is 39.4 Å². The Morgan fingerprint density at radius 1 is 1.17 bits per heavy atom. The van der Waals surface area contributed by atoms with Crippen molar-refractivity contribution in [2.24, 2.45) is 5.92 Å². The van der Waals surface area contributed by atoms with E-state index in [1.165, 1.54) is 25.7 Å². The van der Waals surface area contributed by atoms with E-state index in [4.69, 9.17) is 0 Å². The molecule has 1 atom stereocenters. The molecule has 0 heterocycles. The highest BCUT2D eigenvalue weighted by Crippen LogP contribution is 2.14. The summed E-state index contributed by atoms with van der Waals surface area (Å²) in [4.78, 5) is 13.7. The van der Waals surface area contributed by atoms with Crippen LogP contribution in [0.15, 0.2) is 0 Å². The second-order valence-electron chi connectivity index (χ2n) is 5.65. The number of carbonyl (C=O) groups is 1. The van der Waals surface area contributed by atoms with Crippen molar-refractivity contribution in [2.45, 2.75) is 58.8 Å². The Morgan fingerprint density at radius 3 is 2.50 bits per heavy atom. The van der Waals surface area contributed by atoms with Crippen molar-refractivity contribution in [1.29, 1.82) is 0 Å². The summed E-state index contributed by atoms with van der Waals surface area (Å²) >= 11 is 0. The van der Waals surface area contributed by atoms with Crippen molar-refractivity contribution in [2.75, 3.05) is 27.2 Å². The summed E-state index contributed by atoms with van der Waals surface area (Å²) < 4.78 is 0. The van der Waals surface area contributed by atoms with Gasteiger partial charge in [0, 0.05) is 13.0 Å². The molecule has 108 valence electrons. The standard InChI is InChI=1S/C15H32N2O/c1-5-6-7-9-14(2)10-11-15(18)16-12-8-13-17(3)4/h14H,5-13H2,1-4H3,(H,16,18). The van der Waals surface area contributed by atoms with E-state index in [1.807, 2.05) is 0 Å². The first kappa shape index (κ1) is 17.4. The summed E-state index contributed by atoms with van der Waals surface area (Å²) in [5.74, 6) is 0.903. The number of nitrogens with one attached hydrogen (secondary N) is 1. The molecule has 0 aromatic heterocycles. The van der Waals surface area contributed by atoms with Crippen molar-refractivity contribution >= 4 is 5.91 Å². The van der Waals surface area contributed by atoms with Crippen molar-refractivity contribution in [3.8, 4) is 0 Å². The summed E-state index contributed by atoms with van der Waals surface area (Å²) in [6.45, 7) is 6.33. The monoisotopic (exact) mass is 256 g/mol. The molecule has 0 saturated carbocycles. The molecule has 0 aromatic rings. The van der Waals surface area contributed by atoms with Crippen molar-refractivity contribution < 1.29 is 4.79 Å². The van der Waals surface area contributed by atoms with E-state index in [2.05, 4.69) is 38.2 Å². The minimum atomic E-state index is 0.219. The maximum atomic E-state index is 11.6. The van der Waals surface area contributed by atoms with Crippen LogP contribution in [-0.4, -0.2) is 38.0 Å². The Balaban J connectivity index is 3.40. The molecular weight excluding hydrogens is 224 g/mol. The highest BCUT2D eigenvalue weighted by Gasteiger charge is 2.06. The maximum Gasteiger partial charge on any atom is 0.220 e. The first-order chi connectivity index (χ1) is 8.56. The first-order valence-electron chi connectivity index (χ1n) is 7.47. The third-order valence-corrected chi connectivity index (χ3v) is 3.27. The van der Waals surface area contributed by atoms with Crippen molar-refractivity contribution in [3.63, 3.8) is 0 Å². The van der Waals surface area contributed by atoms with Gasteiger partial charge >= 0.3 is 0 Å². The van der Waals surface area contributed by atoms with Crippen LogP contribution in [0.4, 0.5) is 0 Å². The lowest BCUT2D eigenvalue weighted by Crippen LogP contribution is -2.27. The average Bonchev–Trinajstić information content (AvgIpc) is 2.32. The van der Waals surface area contributed by atoms with E-state index in [1.54, 1.807) is 0 Å². The van der Waals surface area contributed by atoms with E-state index in [0.717, 1.165) is 25.9 Å². The SMILES string of the molecule is CCCCCC(C)CCC(=O)NCCCN(C)C. The van der Waals surface area contributed by atoms with E-state index < -0.39 is 0 Å². The van der Waals surface area contributed by atoms with Crippen LogP contribution in [0.5, 0.6) is 0 Å². The number of amides is 1. The third-order valence-electron chi connectivity index (χ3n) is 3.27. The number of unbranched alkanes of at least 4 members (excludes halogenated alkanes) is 2. The van der Waals surface area contributed by atoms with Gasteiger partial charge in [-0.1, -0.05) is 39.5 Å². The normalized spacial score (nSPS) is 12.7. The van der Waals surface area contributed by atoms with Gasteiger partial charge < -0.3 is 10.2 Å². The van der Waals surface area contributed by atoms with Gasteiger partial charge in [-0.15, -0.1) is 0 Å². The molecule has 0 rings (SSSR count). The van der Waals surface area contributed by atoms with E-state index >= 15 is 0 Å². The zero-order valence-corrected chi connectivity index (χ0v) is 12.8. The van der Waals surface area contributed by atoms with Gasteiger partial charge in [0.05, 0.1) is 0 Å². The molecule has 0 fully saturated rings. The molecule has 1 unspecified atom stereocenters. The van der Waals surface area contributed by atoms with Crippen LogP contribution >= 0.6 is 0 Å². The van der Waals surface area contributed by atoms with E-state index in [-0.39, 0.29) is 5.91 Å². The van der Waals surface area contributed by atoms with Crippen LogP contribution in [0.3, 0.4) is 0 Å². The van der Waals surface area contributed by atoms with Crippen molar-refractivity contribution in [1.82, 2.24) is 10.2 Å². The molecule has 0 radical (unpaired) electrons. The van der Waals surface area contributed by atoms with Gasteiger partial charge in [-0.3, -0.25) is 4.79 Å². The van der Waals surface area contributed by atoms with Gasteiger partial charge in [0.15, 0.2) is 0 Å². The summed E-state index contributed by atoms with van der Waals surface area (Å²) in [5.41, 5.74) is 0. The van der Waals surface area contributed by atoms with Crippen LogP contribution in [0.1, 0.15) is 58.8 Å². The second-order valence-corrected chi connectivity index (χ2v) is 5.65. The van der Waals surface area contributed by atoms with Crippen LogP contribution < -0.4 is 5.32 Å². The predicted octanol–water partition coefficient (Wildman–Crippen LogP) is 3.05. The highest BCUT2D eigenvalue weighted by molar-refractivity contribution is 5.75. The summed E-state index contributed by atoms with van der Waals surface area (Å²) in [7, 11) is 4.11. The van der Waals surface area contributed by atoms with E-state index in [9.17, 15) is 4.79 Å². The number of hydrogen-bond donors (Lipinski definition) is 1. The molecule has 0 aromatic carbocycles. The van der Waals surface area contributed by atoms with Gasteiger partial charge in [0.2, 0.25) is 5.91 Å². The third kappa shape index (κ3) is 11.9. The van der Waals surface area contributed by atoms with Gasteiger partial charge in [-0.2, -0.15) is 0 Å². The Labute approximate surface area is 113 Å². The summed E-state index contributed by atoms with van der Waals surface area (Å²) in [5, 5.41) is 3.00. The highest BCUT2D eigenvalue weighted by atomic mass is 16.1. The molecule has 3 heteroatoms. The lowest BCUT2D eigenvalue weighted by atomic mass is 9.98. The van der Waals surface area contributed by atoms with Gasteiger partial charge in [0.25, 0.3) is 0 Å². The summed E-state index contributed by atoms with van der Waals surface area (Å²) in [6, 6.07) is 0. The summed E-state index contributed by atoms with van der Waals surface area (Å²) in [6.07, 6.45) is 7.92. The molecule has 3 nitrogen and oxygen atoms in total. The van der Waals surface area contributed by atoms with Crippen LogP contribution in [0.25, 0.3) is 0 Å². The van der Waals surface area contributed by atoms with Crippen LogP contribution in [0, 0.1) is 5.92 Å². The van der Waals surface area contributed by atoms with Crippen molar-refractivity contribution in [3.05, 3.63) is 0 Å². The number of hydrogen-bond acceptors (Lipinski definition) is 2. The molecule has 1 amide bonds. The predicted molar refractivity (Wildman–Crippen MR) is 78.7 cm³/mol. The Kier molecular flexibility index (Phi) is 11.2. The molecule has 18 heavy (non-hydrogen) atoms. The number of carbonyl (C=O) groups excluding carboxylic acids is 1. The average molecular weight is 256 g/mol. The van der Waals surface area contributed by atoms with Crippen LogP contribution in [-0.2, 0) is 4.79 Å². The molecule has 0 aliphatic carbocycles. The fourth-order valence-corrected chi connectivity index (χ4v) is 1.98. The lowest BCUT2D eigenvalue weighted by Gasteiger charge is -2.12. The molecule has 0 aliphatic heterocycles. The fraction of sp³-hybridized carbons (Fsp3) is 0.933. The minimum absolute atomic E-state index is 0.219. The van der Waals surface area contributed by atoms with Crippen LogP contribution in [0.2, 0.25) is 0 Å². The molecule has 1 N–H and O–H groups in total. The van der Waals surface area contributed by atoms with Gasteiger partial charge in [-0.25, -0.2) is 0 Å². The van der Waals surface area contributed by atoms with E-state index in [0.29, 0.717) is 12.3 Å². The topological polar surface area (TPSA) is 32.3 Å². The molecular formula is C15H32N2O. The fourth-order valence-electron chi connectivity index (χ4n) is 1.98. The Morgan fingerprint density at radius 2 is 1.89 bits per heavy atom. The smallest absolute Gasteiger partial charge is 0.220 e. The largest absolute Gasteiger partial charge is 0.356 e. The zero-order chi connectivity index (χ0) is 13.8. The molecule has 0 aliphatic rings. The number of rotatable bonds is 11. The first-order valence-corrected chi connectivity index (χ1v) is 7.47. The second kappa shape index (κ2) is 11.5. The molecule has 0 bridgehead atoms. The lowest BCUT2D eigenvalue weighted by molar-refractivity contribution is -0.121. The Hall–Kier alpha value is -0.570. The zero-order valence-electron chi connectivity index (χ0n) is 12.8. The maximum absolute atomic E-state index is 11.6. The Bertz CT molecular complexity index is 205.